The van der Waals surface area contributed by atoms with E-state index in [1.54, 1.807) is 23.2 Å². The Labute approximate surface area is 134 Å². The summed E-state index contributed by atoms with van der Waals surface area (Å²) in [5.74, 6) is -0.842. The number of benzene rings is 1. The van der Waals surface area contributed by atoms with Crippen LogP contribution in [0.4, 0.5) is 13.2 Å². The smallest absolute Gasteiger partial charge is 0.390 e. The minimum Gasteiger partial charge on any atom is -0.390 e. The Balaban J connectivity index is 1.85. The predicted molar refractivity (Wildman–Crippen MR) is 78.4 cm³/mol. The highest BCUT2D eigenvalue weighted by atomic mass is 19.4. The zero-order chi connectivity index (χ0) is 17.5. The molecule has 0 bridgehead atoms. The summed E-state index contributed by atoms with van der Waals surface area (Å²) >= 11 is 0. The van der Waals surface area contributed by atoms with Gasteiger partial charge < -0.3 is 15.4 Å². The summed E-state index contributed by atoms with van der Waals surface area (Å²) in [4.78, 5) is 25.6. The number of H-pyrrole nitrogens is 1. The van der Waals surface area contributed by atoms with Crippen molar-refractivity contribution >= 4 is 5.91 Å². The maximum absolute atomic E-state index is 12.5. The molecular weight excluding hydrogens is 325 g/mol. The van der Waals surface area contributed by atoms with Crippen LogP contribution in [0.5, 0.6) is 0 Å². The van der Waals surface area contributed by atoms with Crippen molar-refractivity contribution in [1.29, 1.82) is 0 Å². The number of carbonyl (C=O) groups is 1. The molecule has 8 heteroatoms. The first-order valence-electron chi connectivity index (χ1n) is 7.14. The third-order valence-corrected chi connectivity index (χ3v) is 3.95. The van der Waals surface area contributed by atoms with Gasteiger partial charge >= 0.3 is 6.18 Å². The topological polar surface area (TPSA) is 82.2 Å². The van der Waals surface area contributed by atoms with E-state index in [-0.39, 0.29) is 0 Å². The number of halogens is 3. The van der Waals surface area contributed by atoms with Crippen molar-refractivity contribution in [3.8, 4) is 0 Å². The van der Waals surface area contributed by atoms with Gasteiger partial charge in [0, 0.05) is 6.42 Å². The molecule has 1 amide bonds. The second-order valence-electron chi connectivity index (χ2n) is 5.53. The van der Waals surface area contributed by atoms with Crippen LogP contribution in [0.25, 0.3) is 0 Å². The molecule has 1 aliphatic rings. The normalized spacial score (nSPS) is 19.8. The van der Waals surface area contributed by atoms with Crippen LogP contribution < -0.4 is 10.9 Å². The average molecular weight is 338 g/mol. The van der Waals surface area contributed by atoms with Crippen molar-refractivity contribution in [2.24, 2.45) is 0 Å². The van der Waals surface area contributed by atoms with Gasteiger partial charge in [0.25, 0.3) is 11.5 Å². The molecule has 1 heterocycles. The lowest BCUT2D eigenvalue weighted by Gasteiger charge is -2.18. The number of aromatic amines is 1. The highest BCUT2D eigenvalue weighted by Crippen LogP contribution is 2.31. The molecule has 2 atom stereocenters. The maximum atomic E-state index is 12.5. The van der Waals surface area contributed by atoms with Gasteiger partial charge in [0.1, 0.15) is 11.3 Å². The Kier molecular flexibility index (Phi) is 3.92. The molecule has 126 valence electrons. The van der Waals surface area contributed by atoms with Crippen LogP contribution >= 0.6 is 0 Å². The van der Waals surface area contributed by atoms with Crippen LogP contribution in [0.1, 0.15) is 33.2 Å². The van der Waals surface area contributed by atoms with Gasteiger partial charge in [0.15, 0.2) is 0 Å². The molecule has 1 aliphatic carbocycles. The third-order valence-electron chi connectivity index (χ3n) is 3.95. The molecule has 5 nitrogen and oxygen atoms in total. The zero-order valence-electron chi connectivity index (χ0n) is 12.2. The molecule has 0 radical (unpaired) electrons. The first kappa shape index (κ1) is 16.3. The van der Waals surface area contributed by atoms with E-state index in [9.17, 15) is 27.9 Å². The van der Waals surface area contributed by atoms with Crippen molar-refractivity contribution in [2.45, 2.75) is 24.7 Å². The van der Waals surface area contributed by atoms with E-state index in [4.69, 9.17) is 0 Å². The number of hydrogen-bond donors (Lipinski definition) is 3. The second-order valence-corrected chi connectivity index (χ2v) is 5.53. The molecule has 3 rings (SSSR count). The number of amides is 1. The molecule has 1 aromatic heterocycles. The SMILES string of the molecule is O=C(N[C@@H]1c2ccccc2C[C@@H]1O)c1ccc(C(F)(F)F)[nH]c1=O. The Hall–Kier alpha value is -2.61. The Bertz CT molecular complexity index is 845. The number of pyridine rings is 1. The lowest BCUT2D eigenvalue weighted by molar-refractivity contribution is -0.141. The first-order valence-corrected chi connectivity index (χ1v) is 7.14. The van der Waals surface area contributed by atoms with E-state index < -0.39 is 41.0 Å². The van der Waals surface area contributed by atoms with E-state index in [0.29, 0.717) is 12.5 Å². The molecule has 0 aliphatic heterocycles. The number of carbonyl (C=O) groups excluding carboxylic acids is 1. The van der Waals surface area contributed by atoms with E-state index in [1.807, 2.05) is 6.07 Å². The number of alkyl halides is 3. The van der Waals surface area contributed by atoms with Gasteiger partial charge in [-0.3, -0.25) is 9.59 Å². The minimum absolute atomic E-state index is 0.352. The Morgan fingerprint density at radius 2 is 1.92 bits per heavy atom. The van der Waals surface area contributed by atoms with Gasteiger partial charge in [-0.25, -0.2) is 0 Å². The molecule has 3 N–H and O–H groups in total. The summed E-state index contributed by atoms with van der Waals surface area (Å²) in [7, 11) is 0. The monoisotopic (exact) mass is 338 g/mol. The van der Waals surface area contributed by atoms with Gasteiger partial charge in [-0.2, -0.15) is 13.2 Å². The average Bonchev–Trinajstić information content (AvgIpc) is 2.82. The van der Waals surface area contributed by atoms with Gasteiger partial charge in [0.05, 0.1) is 12.1 Å². The van der Waals surface area contributed by atoms with E-state index in [0.717, 1.165) is 17.2 Å². The highest BCUT2D eigenvalue weighted by Gasteiger charge is 2.34. The summed E-state index contributed by atoms with van der Waals surface area (Å²) in [6.07, 6.45) is -5.21. The lowest BCUT2D eigenvalue weighted by atomic mass is 10.1. The fourth-order valence-corrected chi connectivity index (χ4v) is 2.78. The van der Waals surface area contributed by atoms with Crippen LogP contribution in [-0.2, 0) is 12.6 Å². The number of hydrogen-bond acceptors (Lipinski definition) is 3. The summed E-state index contributed by atoms with van der Waals surface area (Å²) in [6, 6.07) is 7.86. The number of aliphatic hydroxyl groups is 1. The zero-order valence-corrected chi connectivity index (χ0v) is 12.2. The second kappa shape index (κ2) is 5.79. The van der Waals surface area contributed by atoms with Crippen LogP contribution in [0.2, 0.25) is 0 Å². The fraction of sp³-hybridized carbons (Fsp3) is 0.250. The molecule has 0 saturated carbocycles. The van der Waals surface area contributed by atoms with Gasteiger partial charge in [-0.05, 0) is 23.3 Å². The molecular formula is C16H13F3N2O3. The predicted octanol–water partition coefficient (Wildman–Crippen LogP) is 1.78. The maximum Gasteiger partial charge on any atom is 0.431 e. The van der Waals surface area contributed by atoms with Gasteiger partial charge in [-0.15, -0.1) is 0 Å². The molecule has 0 spiro atoms. The van der Waals surface area contributed by atoms with Crippen LogP contribution in [0.3, 0.4) is 0 Å². The number of nitrogens with one attached hydrogen (secondary N) is 2. The molecule has 0 saturated heterocycles. The van der Waals surface area contributed by atoms with Gasteiger partial charge in [-0.1, -0.05) is 24.3 Å². The van der Waals surface area contributed by atoms with Crippen molar-refractivity contribution in [3.63, 3.8) is 0 Å². The van der Waals surface area contributed by atoms with Crippen molar-refractivity contribution < 1.29 is 23.1 Å². The molecule has 0 unspecified atom stereocenters. The fourth-order valence-electron chi connectivity index (χ4n) is 2.78. The molecule has 1 aromatic carbocycles. The molecule has 2 aromatic rings. The van der Waals surface area contributed by atoms with E-state index in [2.05, 4.69) is 5.32 Å². The molecule has 0 fully saturated rings. The quantitative estimate of drug-likeness (QED) is 0.781. The number of aliphatic hydroxyl groups excluding tert-OH is 1. The van der Waals surface area contributed by atoms with E-state index in [1.165, 1.54) is 0 Å². The lowest BCUT2D eigenvalue weighted by Crippen LogP contribution is -2.37. The molecule has 24 heavy (non-hydrogen) atoms. The van der Waals surface area contributed by atoms with E-state index >= 15 is 0 Å². The largest absolute Gasteiger partial charge is 0.431 e. The number of fused-ring (bicyclic) bond motifs is 1. The minimum atomic E-state index is -4.70. The summed E-state index contributed by atoms with van der Waals surface area (Å²) in [5, 5.41) is 12.6. The first-order chi connectivity index (χ1) is 11.3. The summed E-state index contributed by atoms with van der Waals surface area (Å²) in [5.41, 5.74) is -1.21. The van der Waals surface area contributed by atoms with Gasteiger partial charge in [0.2, 0.25) is 0 Å². The van der Waals surface area contributed by atoms with Crippen LogP contribution in [0, 0.1) is 0 Å². The third kappa shape index (κ3) is 2.92. The van der Waals surface area contributed by atoms with Crippen molar-refractivity contribution in [1.82, 2.24) is 10.3 Å². The summed E-state index contributed by atoms with van der Waals surface area (Å²) < 4.78 is 37.6. The number of aromatic nitrogens is 1. The van der Waals surface area contributed by atoms with Crippen LogP contribution in [0.15, 0.2) is 41.2 Å². The standard InChI is InChI=1S/C16H13F3N2O3/c17-16(18,19)12-6-5-10(14(23)20-12)15(24)21-13-9-4-2-1-3-8(9)7-11(13)22/h1-6,11,13,22H,7H2,(H,20,23)(H,21,24)/t11-,13+/m0/s1. The summed E-state index contributed by atoms with van der Waals surface area (Å²) in [6.45, 7) is 0. The number of rotatable bonds is 2. The van der Waals surface area contributed by atoms with Crippen molar-refractivity contribution in [3.05, 3.63) is 69.1 Å². The van der Waals surface area contributed by atoms with Crippen LogP contribution in [-0.4, -0.2) is 22.1 Å². The Morgan fingerprint density at radius 3 is 2.58 bits per heavy atom. The highest BCUT2D eigenvalue weighted by molar-refractivity contribution is 5.94. The van der Waals surface area contributed by atoms with Crippen molar-refractivity contribution in [2.75, 3.05) is 0 Å². The Morgan fingerprint density at radius 1 is 1.21 bits per heavy atom.